The molecule has 2 aromatic rings. The fraction of sp³-hybridized carbons (Fsp3) is 0.636. The molecule has 3 aliphatic rings. The average Bonchev–Trinajstić information content (AvgIpc) is 3.53. The normalized spacial score (nSPS) is 23.1. The minimum absolute atomic E-state index is 0.0326. The first-order valence-electron chi connectivity index (χ1n) is 14.8. The highest BCUT2D eigenvalue weighted by molar-refractivity contribution is 5.99. The summed E-state index contributed by atoms with van der Waals surface area (Å²) in [4.78, 5) is 24.9. The standard InChI is InChI=1S/C33H46N2O3/c1-20-28(30(36)34-27-16-24(17-27)31(37)38)21(2)35(19-22-10-8-7-9-11-22)29(20)23-14-25(32(3,4)5)18-26(15-23)33(6)12-13-33/h14-15,18,22,24,27H,7-13,16-17,19H2,1-6H3,(H,34,36)(H,37,38). The van der Waals surface area contributed by atoms with Crippen molar-refractivity contribution in [1.29, 1.82) is 0 Å². The van der Waals surface area contributed by atoms with Crippen molar-refractivity contribution in [1.82, 2.24) is 9.88 Å². The molecular formula is C33H46N2O3. The van der Waals surface area contributed by atoms with Gasteiger partial charge in [-0.3, -0.25) is 9.59 Å². The Morgan fingerprint density at radius 2 is 1.71 bits per heavy atom. The Bertz CT molecular complexity index is 1210. The number of aliphatic carboxylic acids is 1. The van der Waals surface area contributed by atoms with Crippen molar-refractivity contribution in [3.05, 3.63) is 46.1 Å². The minimum atomic E-state index is -0.761. The van der Waals surface area contributed by atoms with Crippen LogP contribution < -0.4 is 5.32 Å². The number of aromatic nitrogens is 1. The third-order valence-corrected chi connectivity index (χ3v) is 9.75. The van der Waals surface area contributed by atoms with Gasteiger partial charge in [0.2, 0.25) is 0 Å². The first-order valence-corrected chi connectivity index (χ1v) is 14.8. The zero-order valence-corrected chi connectivity index (χ0v) is 24.2. The minimum Gasteiger partial charge on any atom is -0.481 e. The van der Waals surface area contributed by atoms with Gasteiger partial charge >= 0.3 is 5.97 Å². The van der Waals surface area contributed by atoms with Gasteiger partial charge in [-0.2, -0.15) is 0 Å². The van der Waals surface area contributed by atoms with Crippen LogP contribution in [0.15, 0.2) is 18.2 Å². The summed E-state index contributed by atoms with van der Waals surface area (Å²) in [5, 5.41) is 12.4. The van der Waals surface area contributed by atoms with Gasteiger partial charge in [0.05, 0.1) is 17.2 Å². The van der Waals surface area contributed by atoms with Gasteiger partial charge in [-0.25, -0.2) is 0 Å². The van der Waals surface area contributed by atoms with Crippen LogP contribution in [0.2, 0.25) is 0 Å². The average molecular weight is 519 g/mol. The maximum Gasteiger partial charge on any atom is 0.306 e. The van der Waals surface area contributed by atoms with Crippen LogP contribution >= 0.6 is 0 Å². The molecule has 0 radical (unpaired) electrons. The molecule has 0 atom stereocenters. The monoisotopic (exact) mass is 518 g/mol. The van der Waals surface area contributed by atoms with E-state index in [2.05, 4.69) is 69.6 Å². The zero-order valence-electron chi connectivity index (χ0n) is 24.2. The number of rotatable bonds is 7. The lowest BCUT2D eigenvalue weighted by atomic mass is 9.80. The molecule has 1 heterocycles. The zero-order chi connectivity index (χ0) is 27.4. The molecule has 1 amide bonds. The third-order valence-electron chi connectivity index (χ3n) is 9.75. The Kier molecular flexibility index (Phi) is 7.02. The van der Waals surface area contributed by atoms with E-state index in [-0.39, 0.29) is 28.7 Å². The summed E-state index contributed by atoms with van der Waals surface area (Å²) in [6.07, 6.45) is 9.91. The number of nitrogens with one attached hydrogen (secondary N) is 1. The van der Waals surface area contributed by atoms with Gasteiger partial charge in [-0.1, -0.05) is 53.0 Å². The van der Waals surface area contributed by atoms with E-state index in [0.717, 1.165) is 23.4 Å². The van der Waals surface area contributed by atoms with E-state index in [1.54, 1.807) is 0 Å². The summed E-state index contributed by atoms with van der Waals surface area (Å²) in [6, 6.07) is 7.11. The van der Waals surface area contributed by atoms with Crippen molar-refractivity contribution in [3.63, 3.8) is 0 Å². The molecule has 2 N–H and O–H groups in total. The van der Waals surface area contributed by atoms with Crippen LogP contribution in [0, 0.1) is 25.7 Å². The lowest BCUT2D eigenvalue weighted by molar-refractivity contribution is -0.145. The first kappa shape index (κ1) is 27.0. The number of carboxylic acids is 1. The largest absolute Gasteiger partial charge is 0.481 e. The molecule has 3 fully saturated rings. The summed E-state index contributed by atoms with van der Waals surface area (Å²) in [6.45, 7) is 14.4. The highest BCUT2D eigenvalue weighted by Gasteiger charge is 2.40. The van der Waals surface area contributed by atoms with Gasteiger partial charge in [0.1, 0.15) is 0 Å². The van der Waals surface area contributed by atoms with Crippen LogP contribution in [-0.2, 0) is 22.2 Å². The van der Waals surface area contributed by atoms with Crippen molar-refractivity contribution in [3.8, 4) is 11.3 Å². The lowest BCUT2D eigenvalue weighted by Gasteiger charge is -2.32. The fourth-order valence-corrected chi connectivity index (χ4v) is 6.67. The second-order valence-electron chi connectivity index (χ2n) is 13.8. The number of hydrogen-bond donors (Lipinski definition) is 2. The van der Waals surface area contributed by atoms with Crippen molar-refractivity contribution in [2.75, 3.05) is 0 Å². The SMILES string of the molecule is Cc1c(C(=O)NC2CC(C(=O)O)C2)c(C)n(CC2CCCCC2)c1-c1cc(C(C)(C)C)cc(C2(C)CC2)c1. The van der Waals surface area contributed by atoms with Crippen LogP contribution in [0.3, 0.4) is 0 Å². The molecule has 0 bridgehead atoms. The molecule has 3 saturated carbocycles. The highest BCUT2D eigenvalue weighted by Crippen LogP contribution is 2.49. The Morgan fingerprint density at radius 3 is 2.29 bits per heavy atom. The second-order valence-corrected chi connectivity index (χ2v) is 13.8. The smallest absolute Gasteiger partial charge is 0.306 e. The van der Waals surface area contributed by atoms with E-state index in [1.807, 2.05) is 0 Å². The van der Waals surface area contributed by atoms with Gasteiger partial charge in [-0.05, 0) is 104 Å². The highest BCUT2D eigenvalue weighted by atomic mass is 16.4. The van der Waals surface area contributed by atoms with Crippen LogP contribution in [0.25, 0.3) is 11.3 Å². The molecule has 5 heteroatoms. The third kappa shape index (κ3) is 5.18. The second kappa shape index (κ2) is 9.88. The van der Waals surface area contributed by atoms with E-state index >= 15 is 0 Å². The maximum atomic E-state index is 13.6. The fourth-order valence-electron chi connectivity index (χ4n) is 6.67. The van der Waals surface area contributed by atoms with Gasteiger partial charge < -0.3 is 15.0 Å². The van der Waals surface area contributed by atoms with E-state index in [1.165, 1.54) is 67.3 Å². The van der Waals surface area contributed by atoms with Crippen molar-refractivity contribution in [2.24, 2.45) is 11.8 Å². The number of carbonyl (C=O) groups is 2. The number of amides is 1. The first-order chi connectivity index (χ1) is 17.9. The quantitative estimate of drug-likeness (QED) is 0.404. The molecule has 0 saturated heterocycles. The predicted molar refractivity (Wildman–Crippen MR) is 153 cm³/mol. The summed E-state index contributed by atoms with van der Waals surface area (Å²) in [5.74, 6) is -0.518. The van der Waals surface area contributed by atoms with Crippen molar-refractivity contribution >= 4 is 11.9 Å². The van der Waals surface area contributed by atoms with Gasteiger partial charge in [0.15, 0.2) is 0 Å². The van der Waals surface area contributed by atoms with Gasteiger partial charge in [-0.15, -0.1) is 0 Å². The Hall–Kier alpha value is -2.56. The topological polar surface area (TPSA) is 71.3 Å². The number of benzene rings is 1. The molecule has 0 unspecified atom stereocenters. The molecule has 206 valence electrons. The molecule has 5 rings (SSSR count). The summed E-state index contributed by atoms with van der Waals surface area (Å²) in [7, 11) is 0. The molecule has 3 aliphatic carbocycles. The van der Waals surface area contributed by atoms with Crippen molar-refractivity contribution in [2.45, 2.75) is 123 Å². The lowest BCUT2D eigenvalue weighted by Crippen LogP contribution is -2.46. The van der Waals surface area contributed by atoms with E-state index in [9.17, 15) is 14.7 Å². The molecule has 0 spiro atoms. The van der Waals surface area contributed by atoms with Crippen molar-refractivity contribution < 1.29 is 14.7 Å². The summed E-state index contributed by atoms with van der Waals surface area (Å²) < 4.78 is 2.45. The van der Waals surface area contributed by atoms with E-state index < -0.39 is 5.97 Å². The van der Waals surface area contributed by atoms with Crippen LogP contribution in [-0.4, -0.2) is 27.6 Å². The van der Waals surface area contributed by atoms with Crippen LogP contribution in [0.4, 0.5) is 0 Å². The molecule has 1 aromatic heterocycles. The molecule has 5 nitrogen and oxygen atoms in total. The van der Waals surface area contributed by atoms with Crippen LogP contribution in [0.5, 0.6) is 0 Å². The van der Waals surface area contributed by atoms with E-state index in [4.69, 9.17) is 0 Å². The number of carboxylic acid groups (broad SMARTS) is 1. The summed E-state index contributed by atoms with van der Waals surface area (Å²) >= 11 is 0. The number of nitrogens with zero attached hydrogens (tertiary/aromatic N) is 1. The Balaban J connectivity index is 1.57. The predicted octanol–water partition coefficient (Wildman–Crippen LogP) is 7.29. The number of carbonyl (C=O) groups excluding carboxylic acids is 1. The molecular weight excluding hydrogens is 472 g/mol. The van der Waals surface area contributed by atoms with Gasteiger partial charge in [0.25, 0.3) is 5.91 Å². The van der Waals surface area contributed by atoms with E-state index in [0.29, 0.717) is 18.8 Å². The molecule has 0 aliphatic heterocycles. The number of hydrogen-bond acceptors (Lipinski definition) is 2. The van der Waals surface area contributed by atoms with Crippen LogP contribution in [0.1, 0.15) is 118 Å². The Labute approximate surface area is 228 Å². The summed E-state index contributed by atoms with van der Waals surface area (Å²) in [5.41, 5.74) is 8.32. The maximum absolute atomic E-state index is 13.6. The van der Waals surface area contributed by atoms with Gasteiger partial charge in [0, 0.05) is 18.3 Å². The molecule has 1 aromatic carbocycles. The Morgan fingerprint density at radius 1 is 1.05 bits per heavy atom. The molecule has 38 heavy (non-hydrogen) atoms.